The summed E-state index contributed by atoms with van der Waals surface area (Å²) in [7, 11) is 2.02. The van der Waals surface area contributed by atoms with Gasteiger partial charge in [-0.3, -0.25) is 0 Å². The van der Waals surface area contributed by atoms with Gasteiger partial charge in [0, 0.05) is 25.3 Å². The molecule has 104 valence electrons. The summed E-state index contributed by atoms with van der Waals surface area (Å²) in [5, 5.41) is 10.3. The average molecular weight is 275 g/mol. The molecule has 0 aromatic heterocycles. The number of nitrogens with zero attached hydrogens (tertiary/aromatic N) is 1. The third-order valence-electron chi connectivity index (χ3n) is 3.75. The summed E-state index contributed by atoms with van der Waals surface area (Å²) in [5.74, 6) is -1.36. The van der Waals surface area contributed by atoms with Crippen LogP contribution in [0.4, 0.5) is 14.5 Å². The van der Waals surface area contributed by atoms with Gasteiger partial charge in [-0.25, -0.2) is 8.78 Å². The van der Waals surface area contributed by atoms with Gasteiger partial charge in [0.2, 0.25) is 0 Å². The van der Waals surface area contributed by atoms with E-state index in [1.165, 1.54) is 0 Å². The van der Waals surface area contributed by atoms with Crippen LogP contribution in [-0.4, -0.2) is 18.7 Å². The molecule has 2 aromatic rings. The van der Waals surface area contributed by atoms with Gasteiger partial charge in [0.25, 0.3) is 0 Å². The van der Waals surface area contributed by atoms with Crippen LogP contribution < -0.4 is 4.90 Å². The number of hydrogen-bond acceptors (Lipinski definition) is 2. The molecule has 0 bridgehead atoms. The Morgan fingerprint density at radius 1 is 1.05 bits per heavy atom. The van der Waals surface area contributed by atoms with Crippen LogP contribution in [0, 0.1) is 11.6 Å². The largest absolute Gasteiger partial charge is 0.384 e. The standard InChI is InChI=1S/C16H15F2NO/c1-19-5-4-10-6-11(2-3-15(10)19)16(20)12-7-13(17)9-14(18)8-12/h2-3,6-9,16,20H,4-5H2,1H3. The molecule has 1 atom stereocenters. The summed E-state index contributed by atoms with van der Waals surface area (Å²) >= 11 is 0. The fraction of sp³-hybridized carbons (Fsp3) is 0.250. The average Bonchev–Trinajstić information content (AvgIpc) is 2.78. The highest BCUT2D eigenvalue weighted by Crippen LogP contribution is 2.31. The molecule has 1 N–H and O–H groups in total. The van der Waals surface area contributed by atoms with Gasteiger partial charge in [-0.1, -0.05) is 12.1 Å². The van der Waals surface area contributed by atoms with Gasteiger partial charge in [-0.2, -0.15) is 0 Å². The zero-order valence-corrected chi connectivity index (χ0v) is 11.1. The highest BCUT2D eigenvalue weighted by atomic mass is 19.1. The van der Waals surface area contributed by atoms with Crippen LogP contribution in [0.3, 0.4) is 0 Å². The van der Waals surface area contributed by atoms with Gasteiger partial charge in [-0.15, -0.1) is 0 Å². The minimum atomic E-state index is -1.02. The molecule has 20 heavy (non-hydrogen) atoms. The monoisotopic (exact) mass is 275 g/mol. The van der Waals surface area contributed by atoms with Crippen molar-refractivity contribution in [2.45, 2.75) is 12.5 Å². The van der Waals surface area contributed by atoms with E-state index in [-0.39, 0.29) is 5.56 Å². The Morgan fingerprint density at radius 2 is 1.75 bits per heavy atom. The van der Waals surface area contributed by atoms with E-state index < -0.39 is 17.7 Å². The molecule has 3 rings (SSSR count). The van der Waals surface area contributed by atoms with E-state index in [1.54, 1.807) is 6.07 Å². The number of rotatable bonds is 2. The van der Waals surface area contributed by atoms with Gasteiger partial charge in [0.1, 0.15) is 17.7 Å². The van der Waals surface area contributed by atoms with Crippen molar-refractivity contribution in [2.75, 3.05) is 18.5 Å². The first-order valence-electron chi connectivity index (χ1n) is 6.52. The Balaban J connectivity index is 1.96. The molecule has 0 saturated carbocycles. The minimum absolute atomic E-state index is 0.230. The first-order valence-corrected chi connectivity index (χ1v) is 6.52. The van der Waals surface area contributed by atoms with E-state index in [2.05, 4.69) is 4.90 Å². The topological polar surface area (TPSA) is 23.5 Å². The zero-order chi connectivity index (χ0) is 14.3. The Bertz CT molecular complexity index is 637. The smallest absolute Gasteiger partial charge is 0.126 e. The van der Waals surface area contributed by atoms with Crippen molar-refractivity contribution in [1.82, 2.24) is 0 Å². The maximum Gasteiger partial charge on any atom is 0.126 e. The van der Waals surface area contributed by atoms with Crippen LogP contribution in [0.5, 0.6) is 0 Å². The normalized spacial score (nSPS) is 15.3. The first kappa shape index (κ1) is 13.1. The number of aliphatic hydroxyl groups excluding tert-OH is 1. The Kier molecular flexibility index (Phi) is 3.18. The molecule has 4 heteroatoms. The summed E-state index contributed by atoms with van der Waals surface area (Å²) in [5.41, 5.74) is 3.19. The number of aliphatic hydroxyl groups is 1. The van der Waals surface area contributed by atoms with E-state index >= 15 is 0 Å². The lowest BCUT2D eigenvalue weighted by Crippen LogP contribution is -2.12. The fourth-order valence-corrected chi connectivity index (χ4v) is 2.68. The van der Waals surface area contributed by atoms with Crippen molar-refractivity contribution in [3.63, 3.8) is 0 Å². The lowest BCUT2D eigenvalue weighted by Gasteiger charge is -2.15. The molecule has 0 radical (unpaired) electrons. The van der Waals surface area contributed by atoms with Gasteiger partial charge < -0.3 is 10.0 Å². The van der Waals surface area contributed by atoms with Gasteiger partial charge in [-0.05, 0) is 41.3 Å². The van der Waals surface area contributed by atoms with E-state index in [9.17, 15) is 13.9 Å². The maximum atomic E-state index is 13.2. The third kappa shape index (κ3) is 2.27. The van der Waals surface area contributed by atoms with E-state index in [0.717, 1.165) is 42.4 Å². The van der Waals surface area contributed by atoms with Crippen molar-refractivity contribution in [3.8, 4) is 0 Å². The van der Waals surface area contributed by atoms with E-state index in [0.29, 0.717) is 5.56 Å². The third-order valence-corrected chi connectivity index (χ3v) is 3.75. The number of halogens is 2. The molecule has 0 amide bonds. The molecule has 1 heterocycles. The number of anilines is 1. The predicted molar refractivity (Wildman–Crippen MR) is 73.8 cm³/mol. The van der Waals surface area contributed by atoms with Gasteiger partial charge >= 0.3 is 0 Å². The first-order chi connectivity index (χ1) is 9.54. The molecular weight excluding hydrogens is 260 g/mol. The summed E-state index contributed by atoms with van der Waals surface area (Å²) in [6, 6.07) is 8.77. The summed E-state index contributed by atoms with van der Waals surface area (Å²) in [6.07, 6.45) is -0.0967. The highest BCUT2D eigenvalue weighted by molar-refractivity contribution is 5.59. The maximum absolute atomic E-state index is 13.2. The number of benzene rings is 2. The molecule has 2 aromatic carbocycles. The molecule has 0 aliphatic carbocycles. The zero-order valence-electron chi connectivity index (χ0n) is 11.1. The number of hydrogen-bond donors (Lipinski definition) is 1. The molecule has 0 spiro atoms. The van der Waals surface area contributed by atoms with Crippen molar-refractivity contribution in [2.24, 2.45) is 0 Å². The number of fused-ring (bicyclic) bond motifs is 1. The minimum Gasteiger partial charge on any atom is -0.384 e. The second kappa shape index (κ2) is 4.87. The second-order valence-corrected chi connectivity index (χ2v) is 5.17. The molecule has 2 nitrogen and oxygen atoms in total. The lowest BCUT2D eigenvalue weighted by atomic mass is 9.98. The Morgan fingerprint density at radius 3 is 2.45 bits per heavy atom. The number of likely N-dealkylation sites (N-methyl/N-ethyl adjacent to an activating group) is 1. The second-order valence-electron chi connectivity index (χ2n) is 5.17. The van der Waals surface area contributed by atoms with Crippen LogP contribution in [0.1, 0.15) is 22.8 Å². The molecule has 1 unspecified atom stereocenters. The van der Waals surface area contributed by atoms with Crippen molar-refractivity contribution in [3.05, 3.63) is 64.7 Å². The summed E-state index contributed by atoms with van der Waals surface area (Å²) < 4.78 is 26.4. The SMILES string of the molecule is CN1CCc2cc(C(O)c3cc(F)cc(F)c3)ccc21. The van der Waals surface area contributed by atoms with Crippen molar-refractivity contribution < 1.29 is 13.9 Å². The Hall–Kier alpha value is -1.94. The molecule has 1 aliphatic heterocycles. The fourth-order valence-electron chi connectivity index (χ4n) is 2.68. The summed E-state index contributed by atoms with van der Waals surface area (Å²) in [4.78, 5) is 2.15. The highest BCUT2D eigenvalue weighted by Gasteiger charge is 2.19. The molecule has 0 saturated heterocycles. The molecule has 0 fully saturated rings. The molecular formula is C16H15F2NO. The van der Waals surface area contributed by atoms with Crippen LogP contribution in [-0.2, 0) is 6.42 Å². The van der Waals surface area contributed by atoms with Crippen molar-refractivity contribution in [1.29, 1.82) is 0 Å². The summed E-state index contributed by atoms with van der Waals surface area (Å²) in [6.45, 7) is 0.948. The predicted octanol–water partition coefficient (Wildman–Crippen LogP) is 3.04. The molecule has 1 aliphatic rings. The Labute approximate surface area is 116 Å². The lowest BCUT2D eigenvalue weighted by molar-refractivity contribution is 0.219. The van der Waals surface area contributed by atoms with Crippen LogP contribution in [0.2, 0.25) is 0 Å². The van der Waals surface area contributed by atoms with Crippen LogP contribution in [0.25, 0.3) is 0 Å². The van der Waals surface area contributed by atoms with E-state index in [1.807, 2.05) is 19.2 Å². The van der Waals surface area contributed by atoms with E-state index in [4.69, 9.17) is 0 Å². The van der Waals surface area contributed by atoms with Gasteiger partial charge in [0.05, 0.1) is 0 Å². The van der Waals surface area contributed by atoms with Crippen LogP contribution in [0.15, 0.2) is 36.4 Å². The quantitative estimate of drug-likeness (QED) is 0.910. The van der Waals surface area contributed by atoms with Gasteiger partial charge in [0.15, 0.2) is 0 Å². The van der Waals surface area contributed by atoms with Crippen LogP contribution >= 0.6 is 0 Å². The van der Waals surface area contributed by atoms with Crippen molar-refractivity contribution >= 4 is 5.69 Å².